The molecule has 1 aliphatic rings. The summed E-state index contributed by atoms with van der Waals surface area (Å²) in [5.74, 6) is 1.12. The predicted octanol–water partition coefficient (Wildman–Crippen LogP) is 4.42. The highest BCUT2D eigenvalue weighted by Gasteiger charge is 2.24. The molecule has 164 valence electrons. The highest BCUT2D eigenvalue weighted by molar-refractivity contribution is 7.89. The van der Waals surface area contributed by atoms with Crippen LogP contribution in [0, 0.1) is 11.8 Å². The fraction of sp³-hybridized carbons (Fsp3) is 0.682. The number of carbonyl (C=O) groups is 1. The normalized spacial score (nSPS) is 20.5. The first-order valence-electron chi connectivity index (χ1n) is 10.5. The summed E-state index contributed by atoms with van der Waals surface area (Å²) in [7, 11) is -3.48. The Hall–Kier alpha value is -1.60. The lowest BCUT2D eigenvalue weighted by Crippen LogP contribution is -2.37. The van der Waals surface area contributed by atoms with Crippen LogP contribution in [0.3, 0.4) is 0 Å². The van der Waals surface area contributed by atoms with E-state index in [0.717, 1.165) is 31.2 Å². The van der Waals surface area contributed by atoms with Gasteiger partial charge in [0.15, 0.2) is 0 Å². The minimum Gasteiger partial charge on any atom is -0.444 e. The summed E-state index contributed by atoms with van der Waals surface area (Å²) in [6.07, 6.45) is 3.48. The van der Waals surface area contributed by atoms with Crippen molar-refractivity contribution in [3.8, 4) is 0 Å². The van der Waals surface area contributed by atoms with E-state index >= 15 is 0 Å². The Morgan fingerprint density at radius 2 is 1.55 bits per heavy atom. The second kappa shape index (κ2) is 9.94. The zero-order valence-electron chi connectivity index (χ0n) is 18.3. The van der Waals surface area contributed by atoms with E-state index in [1.165, 1.54) is 0 Å². The first-order valence-corrected chi connectivity index (χ1v) is 12.0. The second-order valence-electron chi connectivity index (χ2n) is 9.35. The van der Waals surface area contributed by atoms with Crippen LogP contribution in [-0.4, -0.2) is 33.2 Å². The largest absolute Gasteiger partial charge is 0.444 e. The maximum absolute atomic E-state index is 12.5. The number of hydrogen-bond acceptors (Lipinski definition) is 4. The molecule has 1 aliphatic carbocycles. The van der Waals surface area contributed by atoms with Gasteiger partial charge in [-0.25, -0.2) is 17.9 Å². The summed E-state index contributed by atoms with van der Waals surface area (Å²) in [6.45, 7) is 10.8. The quantitative estimate of drug-likeness (QED) is 0.679. The van der Waals surface area contributed by atoms with Crippen molar-refractivity contribution < 1.29 is 17.9 Å². The van der Waals surface area contributed by atoms with Gasteiger partial charge in [-0.3, -0.25) is 0 Å². The van der Waals surface area contributed by atoms with Gasteiger partial charge in [0.05, 0.1) is 4.90 Å². The van der Waals surface area contributed by atoms with E-state index in [4.69, 9.17) is 4.74 Å². The Labute approximate surface area is 175 Å². The molecule has 0 aromatic heterocycles. The molecule has 0 heterocycles. The number of alkyl carbamates (subject to hydrolysis) is 1. The lowest BCUT2D eigenvalue weighted by atomic mass is 9.82. The molecule has 0 aliphatic heterocycles. The highest BCUT2D eigenvalue weighted by Crippen LogP contribution is 2.28. The van der Waals surface area contributed by atoms with E-state index < -0.39 is 15.6 Å². The van der Waals surface area contributed by atoms with E-state index in [9.17, 15) is 13.2 Å². The summed E-state index contributed by atoms with van der Waals surface area (Å²) in [5, 5.41) is 2.84. The van der Waals surface area contributed by atoms with Crippen molar-refractivity contribution >= 4 is 16.1 Å². The number of hydrogen-bond donors (Lipinski definition) is 2. The van der Waals surface area contributed by atoms with Crippen molar-refractivity contribution in [2.75, 3.05) is 13.1 Å². The Balaban J connectivity index is 1.74. The van der Waals surface area contributed by atoms with Crippen molar-refractivity contribution in [3.63, 3.8) is 0 Å². The van der Waals surface area contributed by atoms with Crippen LogP contribution in [0.25, 0.3) is 0 Å². The number of nitrogens with one attached hydrogen (secondary N) is 2. The van der Waals surface area contributed by atoms with Crippen LogP contribution in [-0.2, 0) is 14.8 Å². The van der Waals surface area contributed by atoms with Crippen LogP contribution in [0.1, 0.15) is 71.8 Å². The summed E-state index contributed by atoms with van der Waals surface area (Å²) in [4.78, 5) is 12.1. The number of carbonyl (C=O) groups excluding carboxylic acids is 1. The number of rotatable bonds is 7. The summed E-state index contributed by atoms with van der Waals surface area (Å²) >= 11 is 0. The van der Waals surface area contributed by atoms with Gasteiger partial charge in [0.25, 0.3) is 0 Å². The molecule has 7 heteroatoms. The van der Waals surface area contributed by atoms with Gasteiger partial charge in [0.1, 0.15) is 5.60 Å². The van der Waals surface area contributed by atoms with E-state index in [-0.39, 0.29) is 6.09 Å². The van der Waals surface area contributed by atoms with Crippen LogP contribution in [0.4, 0.5) is 4.79 Å². The Bertz CT molecular complexity index is 759. The van der Waals surface area contributed by atoms with Crippen molar-refractivity contribution in [1.82, 2.24) is 10.0 Å². The smallest absolute Gasteiger partial charge is 0.407 e. The number of amides is 1. The highest BCUT2D eigenvalue weighted by atomic mass is 32.2. The molecular formula is C22H36N2O4S. The lowest BCUT2D eigenvalue weighted by molar-refractivity contribution is 0.0513. The molecule has 1 aromatic rings. The van der Waals surface area contributed by atoms with Gasteiger partial charge in [-0.1, -0.05) is 26.0 Å². The van der Waals surface area contributed by atoms with Gasteiger partial charge in [-0.2, -0.15) is 0 Å². The van der Waals surface area contributed by atoms with Crippen molar-refractivity contribution in [2.24, 2.45) is 11.8 Å². The zero-order valence-corrected chi connectivity index (χ0v) is 19.1. The van der Waals surface area contributed by atoms with Crippen molar-refractivity contribution in [1.29, 1.82) is 0 Å². The zero-order chi connectivity index (χ0) is 21.7. The molecule has 1 fully saturated rings. The topological polar surface area (TPSA) is 84.5 Å². The van der Waals surface area contributed by atoms with Crippen LogP contribution in [0.2, 0.25) is 0 Å². The van der Waals surface area contributed by atoms with Gasteiger partial charge >= 0.3 is 6.09 Å². The Morgan fingerprint density at radius 3 is 2.03 bits per heavy atom. The van der Waals surface area contributed by atoms with Gasteiger partial charge < -0.3 is 10.1 Å². The molecule has 1 saturated carbocycles. The van der Waals surface area contributed by atoms with E-state index in [0.29, 0.717) is 35.7 Å². The van der Waals surface area contributed by atoms with Crippen LogP contribution in [0.15, 0.2) is 29.2 Å². The van der Waals surface area contributed by atoms with E-state index in [1.54, 1.807) is 12.1 Å². The first-order chi connectivity index (χ1) is 13.5. The predicted molar refractivity (Wildman–Crippen MR) is 115 cm³/mol. The third-order valence-corrected chi connectivity index (χ3v) is 6.76. The summed E-state index contributed by atoms with van der Waals surface area (Å²) in [5.41, 5.74) is 0.635. The monoisotopic (exact) mass is 424 g/mol. The minimum absolute atomic E-state index is 0.317. The molecule has 1 amide bonds. The Morgan fingerprint density at radius 1 is 1.03 bits per heavy atom. The molecule has 2 N–H and O–H groups in total. The molecule has 0 radical (unpaired) electrons. The standard InChI is InChI=1S/C22H36N2O4S/c1-16(2)19-10-12-20(13-11-19)29(26,27)24-15-18-8-6-17(7-9-18)14-23-21(25)28-22(3,4)5/h10-13,16-18,24H,6-9,14-15H2,1-5H3,(H,23,25). The summed E-state index contributed by atoms with van der Waals surface area (Å²) in [6, 6.07) is 7.11. The first kappa shape index (κ1) is 23.7. The molecule has 6 nitrogen and oxygen atoms in total. The molecule has 0 bridgehead atoms. The van der Waals surface area contributed by atoms with Crippen LogP contribution < -0.4 is 10.0 Å². The average molecular weight is 425 g/mol. The molecule has 0 spiro atoms. The van der Waals surface area contributed by atoms with Gasteiger partial charge in [0.2, 0.25) is 10.0 Å². The maximum Gasteiger partial charge on any atom is 0.407 e. The van der Waals surface area contributed by atoms with Crippen molar-refractivity contribution in [2.45, 2.75) is 76.7 Å². The number of benzene rings is 1. The lowest BCUT2D eigenvalue weighted by Gasteiger charge is -2.29. The SMILES string of the molecule is CC(C)c1ccc(S(=O)(=O)NCC2CCC(CNC(=O)OC(C)(C)C)CC2)cc1. The average Bonchev–Trinajstić information content (AvgIpc) is 2.64. The van der Waals surface area contributed by atoms with Crippen molar-refractivity contribution in [3.05, 3.63) is 29.8 Å². The van der Waals surface area contributed by atoms with Gasteiger partial charge in [-0.15, -0.1) is 0 Å². The Kier molecular flexibility index (Phi) is 8.11. The van der Waals surface area contributed by atoms with Crippen LogP contribution in [0.5, 0.6) is 0 Å². The second-order valence-corrected chi connectivity index (χ2v) is 11.1. The molecule has 2 rings (SSSR count). The number of sulfonamides is 1. The molecule has 0 atom stereocenters. The molecule has 0 unspecified atom stereocenters. The van der Waals surface area contributed by atoms with Gasteiger partial charge in [0, 0.05) is 13.1 Å². The number of ether oxygens (including phenoxy) is 1. The third-order valence-electron chi connectivity index (χ3n) is 5.32. The molecule has 1 aromatic carbocycles. The van der Waals surface area contributed by atoms with E-state index in [1.807, 2.05) is 32.9 Å². The molecule has 0 saturated heterocycles. The molecule has 29 heavy (non-hydrogen) atoms. The van der Waals surface area contributed by atoms with E-state index in [2.05, 4.69) is 23.9 Å². The van der Waals surface area contributed by atoms with Gasteiger partial charge in [-0.05, 0) is 81.9 Å². The summed E-state index contributed by atoms with van der Waals surface area (Å²) < 4.78 is 33.1. The fourth-order valence-corrected chi connectivity index (χ4v) is 4.64. The minimum atomic E-state index is -3.48. The third kappa shape index (κ3) is 7.97. The maximum atomic E-state index is 12.5. The van der Waals surface area contributed by atoms with Crippen LogP contribution >= 0.6 is 0 Å². The molecular weight excluding hydrogens is 388 g/mol. The fourth-order valence-electron chi connectivity index (χ4n) is 3.52.